The van der Waals surface area contributed by atoms with Crippen molar-refractivity contribution < 1.29 is 9.53 Å². The van der Waals surface area contributed by atoms with Crippen LogP contribution in [0.5, 0.6) is 0 Å². The summed E-state index contributed by atoms with van der Waals surface area (Å²) in [6.45, 7) is 2.92. The molecule has 130 valence electrons. The van der Waals surface area contributed by atoms with E-state index in [0.29, 0.717) is 13.1 Å². The molecule has 0 spiro atoms. The van der Waals surface area contributed by atoms with Crippen molar-refractivity contribution in [3.8, 4) is 0 Å². The third-order valence-corrected chi connectivity index (χ3v) is 5.04. The average Bonchev–Trinajstić information content (AvgIpc) is 3.08. The van der Waals surface area contributed by atoms with Crippen LogP contribution in [0, 0.1) is 0 Å². The monoisotopic (exact) mass is 338 g/mol. The minimum atomic E-state index is -0.277. The minimum Gasteiger partial charge on any atom is -0.367 e. The Balaban J connectivity index is 1.60. The zero-order chi connectivity index (χ0) is 17.4. The number of H-pyrrole nitrogens is 1. The minimum absolute atomic E-state index is 0.0728. The van der Waals surface area contributed by atoms with Crippen molar-refractivity contribution in [2.24, 2.45) is 0 Å². The van der Waals surface area contributed by atoms with E-state index in [1.165, 1.54) is 0 Å². The summed E-state index contributed by atoms with van der Waals surface area (Å²) in [5.74, 6) is -0.202. The molecule has 1 aliphatic carbocycles. The van der Waals surface area contributed by atoms with Gasteiger partial charge in [0.1, 0.15) is 11.7 Å². The number of nitrogens with one attached hydrogen (secondary N) is 1. The maximum absolute atomic E-state index is 13.0. The molecule has 5 heteroatoms. The van der Waals surface area contributed by atoms with Crippen molar-refractivity contribution in [2.45, 2.75) is 38.4 Å². The van der Waals surface area contributed by atoms with Gasteiger partial charge in [-0.2, -0.15) is 0 Å². The number of carbonyl (C=O) groups is 1. The first-order valence-electron chi connectivity index (χ1n) is 8.86. The molecular formula is C20H22N2O3. The molecule has 1 aliphatic heterocycles. The van der Waals surface area contributed by atoms with E-state index in [-0.39, 0.29) is 29.2 Å². The molecule has 1 N–H and O–H groups in total. The number of nitrogens with zero attached hydrogens (tertiary/aromatic N) is 1. The number of fused-ring (bicyclic) bond motifs is 1. The van der Waals surface area contributed by atoms with E-state index < -0.39 is 0 Å². The molecule has 2 aliphatic rings. The maximum atomic E-state index is 13.0. The van der Waals surface area contributed by atoms with Crippen LogP contribution in [0.15, 0.2) is 41.2 Å². The van der Waals surface area contributed by atoms with Gasteiger partial charge in [0.25, 0.3) is 11.5 Å². The van der Waals surface area contributed by atoms with Crippen LogP contribution in [0.2, 0.25) is 0 Å². The second-order valence-electron chi connectivity index (χ2n) is 6.93. The zero-order valence-corrected chi connectivity index (χ0v) is 14.3. The van der Waals surface area contributed by atoms with Gasteiger partial charge in [-0.05, 0) is 43.4 Å². The molecule has 1 fully saturated rings. The van der Waals surface area contributed by atoms with Crippen LogP contribution in [0.4, 0.5) is 0 Å². The van der Waals surface area contributed by atoms with Crippen molar-refractivity contribution in [1.29, 1.82) is 0 Å². The van der Waals surface area contributed by atoms with Crippen molar-refractivity contribution in [1.82, 2.24) is 9.88 Å². The number of ether oxygens (including phenoxy) is 1. The number of benzene rings is 1. The quantitative estimate of drug-likeness (QED) is 0.915. The van der Waals surface area contributed by atoms with Crippen LogP contribution in [-0.2, 0) is 17.6 Å². The fourth-order valence-electron chi connectivity index (χ4n) is 3.81. The molecular weight excluding hydrogens is 316 g/mol. The van der Waals surface area contributed by atoms with Gasteiger partial charge in [0.15, 0.2) is 0 Å². The summed E-state index contributed by atoms with van der Waals surface area (Å²) in [4.78, 5) is 30.0. The van der Waals surface area contributed by atoms with Crippen LogP contribution in [0.3, 0.4) is 0 Å². The van der Waals surface area contributed by atoms with Gasteiger partial charge < -0.3 is 14.6 Å². The predicted molar refractivity (Wildman–Crippen MR) is 94.7 cm³/mol. The third-order valence-electron chi connectivity index (χ3n) is 5.04. The summed E-state index contributed by atoms with van der Waals surface area (Å²) < 4.78 is 6.01. The maximum Gasteiger partial charge on any atom is 0.261 e. The number of aromatic nitrogens is 1. The summed E-state index contributed by atoms with van der Waals surface area (Å²) in [6, 6.07) is 11.7. The van der Waals surface area contributed by atoms with Gasteiger partial charge in [-0.1, -0.05) is 30.3 Å². The fraction of sp³-hybridized carbons (Fsp3) is 0.400. The molecule has 2 atom stereocenters. The van der Waals surface area contributed by atoms with Crippen LogP contribution in [-0.4, -0.2) is 35.0 Å². The number of hydrogen-bond donors (Lipinski definition) is 1. The number of hydrogen-bond acceptors (Lipinski definition) is 3. The fourth-order valence-corrected chi connectivity index (χ4v) is 3.81. The number of amides is 1. The molecule has 0 radical (unpaired) electrons. The number of carbonyl (C=O) groups excluding carboxylic acids is 1. The van der Waals surface area contributed by atoms with E-state index in [1.54, 1.807) is 11.0 Å². The molecule has 1 saturated heterocycles. The first kappa shape index (κ1) is 16.1. The summed E-state index contributed by atoms with van der Waals surface area (Å²) in [5.41, 5.74) is 3.11. The number of pyridine rings is 1. The second-order valence-corrected chi connectivity index (χ2v) is 6.93. The molecule has 2 aromatic rings. The zero-order valence-electron chi connectivity index (χ0n) is 14.3. The molecule has 0 bridgehead atoms. The molecule has 0 saturated carbocycles. The van der Waals surface area contributed by atoms with E-state index in [2.05, 4.69) is 4.98 Å². The van der Waals surface area contributed by atoms with Crippen LogP contribution in [0.1, 0.15) is 46.6 Å². The lowest BCUT2D eigenvalue weighted by atomic mass is 10.1. The van der Waals surface area contributed by atoms with Gasteiger partial charge in [-0.3, -0.25) is 9.59 Å². The summed E-state index contributed by atoms with van der Waals surface area (Å²) in [7, 11) is 0. The van der Waals surface area contributed by atoms with E-state index in [9.17, 15) is 9.59 Å². The molecule has 5 nitrogen and oxygen atoms in total. The van der Waals surface area contributed by atoms with E-state index in [4.69, 9.17) is 4.74 Å². The first-order valence-corrected chi connectivity index (χ1v) is 8.86. The summed E-state index contributed by atoms with van der Waals surface area (Å²) in [5, 5.41) is 0. The van der Waals surface area contributed by atoms with Gasteiger partial charge in [-0.15, -0.1) is 0 Å². The highest BCUT2D eigenvalue weighted by molar-refractivity contribution is 5.94. The summed E-state index contributed by atoms with van der Waals surface area (Å²) in [6.07, 6.45) is 2.62. The lowest BCUT2D eigenvalue weighted by molar-refractivity contribution is -0.0692. The molecule has 1 aromatic heterocycles. The van der Waals surface area contributed by atoms with E-state index in [1.807, 2.05) is 37.3 Å². The second kappa shape index (κ2) is 6.48. The average molecular weight is 338 g/mol. The highest BCUT2D eigenvalue weighted by Crippen LogP contribution is 2.26. The van der Waals surface area contributed by atoms with Gasteiger partial charge in [-0.25, -0.2) is 0 Å². The Bertz CT molecular complexity index is 844. The lowest BCUT2D eigenvalue weighted by Gasteiger charge is -2.37. The highest BCUT2D eigenvalue weighted by atomic mass is 16.5. The number of rotatable bonds is 2. The topological polar surface area (TPSA) is 62.4 Å². The van der Waals surface area contributed by atoms with E-state index >= 15 is 0 Å². The molecule has 1 aromatic carbocycles. The highest BCUT2D eigenvalue weighted by Gasteiger charge is 2.31. The van der Waals surface area contributed by atoms with E-state index in [0.717, 1.165) is 36.1 Å². The number of aryl methyl sites for hydroxylation is 2. The molecule has 1 amide bonds. The lowest BCUT2D eigenvalue weighted by Crippen LogP contribution is -2.47. The third kappa shape index (κ3) is 3.12. The molecule has 2 heterocycles. The van der Waals surface area contributed by atoms with Crippen molar-refractivity contribution in [3.05, 3.63) is 69.1 Å². The Labute approximate surface area is 146 Å². The van der Waals surface area contributed by atoms with Gasteiger partial charge in [0.2, 0.25) is 0 Å². The van der Waals surface area contributed by atoms with Crippen molar-refractivity contribution in [3.63, 3.8) is 0 Å². The number of morpholine rings is 1. The molecule has 25 heavy (non-hydrogen) atoms. The van der Waals surface area contributed by atoms with Crippen molar-refractivity contribution >= 4 is 5.91 Å². The summed E-state index contributed by atoms with van der Waals surface area (Å²) >= 11 is 0. The largest absolute Gasteiger partial charge is 0.367 e. The van der Waals surface area contributed by atoms with Crippen molar-refractivity contribution in [2.75, 3.05) is 13.1 Å². The standard InChI is InChI=1S/C20H22N2O3/c1-13-11-22(12-18(25-13)14-6-3-2-4-7-14)20(24)16-10-15-8-5-9-17(15)21-19(16)23/h2-4,6-7,10,13,18H,5,8-9,11-12H2,1H3,(H,21,23)/t13-,18+/m1/s1. The van der Waals surface area contributed by atoms with Crippen LogP contribution < -0.4 is 5.56 Å². The van der Waals surface area contributed by atoms with Gasteiger partial charge in [0.05, 0.1) is 12.6 Å². The predicted octanol–water partition coefficient (Wildman–Crippen LogP) is 2.47. The smallest absolute Gasteiger partial charge is 0.261 e. The Morgan fingerprint density at radius 3 is 2.80 bits per heavy atom. The molecule has 4 rings (SSSR count). The Morgan fingerprint density at radius 2 is 2.00 bits per heavy atom. The Morgan fingerprint density at radius 1 is 1.20 bits per heavy atom. The van der Waals surface area contributed by atoms with Gasteiger partial charge in [0, 0.05) is 12.2 Å². The SMILES string of the molecule is C[C@@H]1CN(C(=O)c2cc3c([nH]c2=O)CCC3)C[C@@H](c2ccccc2)O1. The van der Waals surface area contributed by atoms with Gasteiger partial charge >= 0.3 is 0 Å². The Hall–Kier alpha value is -2.40. The normalized spacial score (nSPS) is 22.7. The number of aromatic amines is 1. The Kier molecular flexibility index (Phi) is 4.17. The van der Waals surface area contributed by atoms with Crippen LogP contribution in [0.25, 0.3) is 0 Å². The first-order chi connectivity index (χ1) is 12.1. The van der Waals surface area contributed by atoms with Crippen LogP contribution >= 0.6 is 0 Å². The molecule has 0 unspecified atom stereocenters.